The number of rotatable bonds is 11. The highest BCUT2D eigenvalue weighted by Gasteiger charge is 2.51. The number of hydrogen-bond acceptors (Lipinski definition) is 8. The molecule has 1 aliphatic carbocycles. The molecule has 2 aromatic carbocycles. The van der Waals surface area contributed by atoms with Gasteiger partial charge in [0.05, 0.1) is 19.8 Å². The molecule has 4 rings (SSSR count). The van der Waals surface area contributed by atoms with Crippen LogP contribution in [0.4, 0.5) is 5.69 Å². The summed E-state index contributed by atoms with van der Waals surface area (Å²) in [6.07, 6.45) is -0.682. The smallest absolute Gasteiger partial charge is 0.251 e. The number of ether oxygens (including phenoxy) is 1. The van der Waals surface area contributed by atoms with Crippen LogP contribution < -0.4 is 25.6 Å². The number of para-hydroxylation sites is 1. The van der Waals surface area contributed by atoms with Gasteiger partial charge in [-0.2, -0.15) is 5.06 Å². The minimum Gasteiger partial charge on any atom is -0.496 e. The second-order valence-electron chi connectivity index (χ2n) is 14.9. The van der Waals surface area contributed by atoms with E-state index < -0.39 is 24.2 Å². The normalized spacial score (nSPS) is 27.2. The van der Waals surface area contributed by atoms with Crippen molar-refractivity contribution in [1.29, 1.82) is 0 Å². The Hall–Kier alpha value is -3.67. The summed E-state index contributed by atoms with van der Waals surface area (Å²) in [7, 11) is 7.04. The Morgan fingerprint density at radius 1 is 1.14 bits per heavy atom. The van der Waals surface area contributed by atoms with E-state index in [2.05, 4.69) is 50.6 Å². The van der Waals surface area contributed by atoms with Gasteiger partial charge in [0.1, 0.15) is 17.9 Å². The minimum absolute atomic E-state index is 0.0345. The quantitative estimate of drug-likeness (QED) is 0.278. The monoisotopic (exact) mass is 679 g/mol. The lowest BCUT2D eigenvalue weighted by molar-refractivity contribution is -0.176. The van der Waals surface area contributed by atoms with Gasteiger partial charge in [0.25, 0.3) is 5.91 Å². The van der Waals surface area contributed by atoms with E-state index in [0.29, 0.717) is 23.1 Å². The molecule has 2 aromatic rings. The molecule has 1 saturated heterocycles. The fourth-order valence-corrected chi connectivity index (χ4v) is 7.62. The molecular formula is C38H57N5O6. The number of nitrogens with one attached hydrogen (secondary N) is 3. The molecule has 2 fully saturated rings. The van der Waals surface area contributed by atoms with Gasteiger partial charge in [0.2, 0.25) is 11.8 Å². The molecule has 0 aromatic heterocycles. The molecule has 4 N–H and O–H groups in total. The number of hydroxylamine groups is 2. The second-order valence-corrected chi connectivity index (χ2v) is 14.9. The number of hydrogen-bond donors (Lipinski definition) is 4. The summed E-state index contributed by atoms with van der Waals surface area (Å²) >= 11 is 0. The van der Waals surface area contributed by atoms with Gasteiger partial charge in [-0.05, 0) is 60.3 Å². The molecule has 11 heteroatoms. The Labute approximate surface area is 292 Å². The van der Waals surface area contributed by atoms with Gasteiger partial charge in [-0.25, -0.2) is 0 Å². The largest absolute Gasteiger partial charge is 0.496 e. The Bertz CT molecular complexity index is 1510. The van der Waals surface area contributed by atoms with Crippen LogP contribution in [-0.2, 0) is 21.0 Å². The first-order chi connectivity index (χ1) is 23.0. The van der Waals surface area contributed by atoms with Crippen LogP contribution in [0.2, 0.25) is 0 Å². The van der Waals surface area contributed by atoms with Gasteiger partial charge in [-0.3, -0.25) is 19.2 Å². The average Bonchev–Trinajstić information content (AvgIpc) is 3.43. The van der Waals surface area contributed by atoms with E-state index in [1.807, 2.05) is 55.4 Å². The first-order valence-electron chi connectivity index (χ1n) is 17.4. The summed E-state index contributed by atoms with van der Waals surface area (Å²) in [4.78, 5) is 47.4. The van der Waals surface area contributed by atoms with Crippen molar-refractivity contribution >= 4 is 23.4 Å². The van der Waals surface area contributed by atoms with Gasteiger partial charge in [0.15, 0.2) is 0 Å². The molecule has 1 aliphatic heterocycles. The van der Waals surface area contributed by atoms with E-state index >= 15 is 0 Å². The van der Waals surface area contributed by atoms with Crippen LogP contribution in [0.3, 0.4) is 0 Å². The van der Waals surface area contributed by atoms with E-state index in [4.69, 9.17) is 9.57 Å². The van der Waals surface area contributed by atoms with Gasteiger partial charge in [-0.15, -0.1) is 0 Å². The van der Waals surface area contributed by atoms with Gasteiger partial charge < -0.3 is 30.7 Å². The number of benzene rings is 2. The third kappa shape index (κ3) is 8.05. The van der Waals surface area contributed by atoms with Crippen molar-refractivity contribution in [3.05, 3.63) is 47.5 Å². The molecule has 3 amide bonds. The zero-order valence-corrected chi connectivity index (χ0v) is 31.1. The molecule has 1 saturated carbocycles. The average molecular weight is 680 g/mol. The number of methoxy groups -OCH3 is 1. The third-order valence-electron chi connectivity index (χ3n) is 11.4. The Morgan fingerprint density at radius 2 is 1.84 bits per heavy atom. The molecule has 0 bridgehead atoms. The van der Waals surface area contributed by atoms with Crippen LogP contribution in [0, 0.1) is 29.1 Å². The minimum atomic E-state index is -0.898. The lowest BCUT2D eigenvalue weighted by atomic mass is 9.58. The number of aliphatic hydroxyl groups is 1. The lowest BCUT2D eigenvalue weighted by Crippen LogP contribution is -2.57. The number of nitrogens with zero attached hydrogens (tertiary/aromatic N) is 2. The summed E-state index contributed by atoms with van der Waals surface area (Å²) in [5.41, 5.74) is 3.84. The molecule has 270 valence electrons. The maximum absolute atomic E-state index is 14.4. The highest BCUT2D eigenvalue weighted by molar-refractivity contribution is 5.97. The summed E-state index contributed by atoms with van der Waals surface area (Å²) in [6, 6.07) is 10.6. The maximum Gasteiger partial charge on any atom is 0.251 e. The van der Waals surface area contributed by atoms with Crippen LogP contribution in [0.1, 0.15) is 70.8 Å². The predicted octanol–water partition coefficient (Wildman–Crippen LogP) is 4.23. The number of aliphatic hydroxyl groups excluding tert-OH is 1. The molecular weight excluding hydrogens is 622 g/mol. The summed E-state index contributed by atoms with van der Waals surface area (Å²) in [5.74, 6) is 0.373. The van der Waals surface area contributed by atoms with Crippen molar-refractivity contribution in [3.8, 4) is 16.9 Å². The van der Waals surface area contributed by atoms with E-state index in [-0.39, 0.29) is 48.2 Å². The second kappa shape index (κ2) is 15.5. The van der Waals surface area contributed by atoms with Crippen molar-refractivity contribution in [2.24, 2.45) is 29.1 Å². The van der Waals surface area contributed by atoms with Crippen LogP contribution in [0.15, 0.2) is 36.4 Å². The molecule has 0 spiro atoms. The Morgan fingerprint density at radius 3 is 2.43 bits per heavy atom. The summed E-state index contributed by atoms with van der Waals surface area (Å²) in [6.45, 7) is 14.7. The molecule has 11 nitrogen and oxygen atoms in total. The Balaban J connectivity index is 1.74. The van der Waals surface area contributed by atoms with Crippen molar-refractivity contribution in [2.75, 3.05) is 39.7 Å². The molecule has 1 heterocycles. The molecule has 8 atom stereocenters. The first kappa shape index (κ1) is 38.1. The van der Waals surface area contributed by atoms with Crippen molar-refractivity contribution in [3.63, 3.8) is 0 Å². The van der Waals surface area contributed by atoms with Crippen molar-refractivity contribution < 1.29 is 29.1 Å². The van der Waals surface area contributed by atoms with E-state index in [9.17, 15) is 19.5 Å². The predicted molar refractivity (Wildman–Crippen MR) is 192 cm³/mol. The van der Waals surface area contributed by atoms with Crippen LogP contribution in [-0.4, -0.2) is 87.0 Å². The molecule has 0 radical (unpaired) electrons. The standard InChI is InChI=1S/C38H57N5O6/c1-21-15-31(22(2)23(3)38(21,6)7)41-37(47)34-33(24(4)44)32(19-40-25(5)45)49-43(34)20-26-13-12-14-30(35(26)48-11)27-16-28(36(46)39-8)18-29(17-27)42(9)10/h12-14,16-18,21-24,31-34,44H,15,19-20H2,1-11H3,(H,39,46)(H,40,45)(H,41,47)/t21-,22+,23+,24+,31+,32+,33-,34+/m1/s1. The number of carbonyl (C=O) groups excluding carboxylic acids is 3. The molecule has 2 aliphatic rings. The fourth-order valence-electron chi connectivity index (χ4n) is 7.62. The Kier molecular flexibility index (Phi) is 12.0. The third-order valence-corrected chi connectivity index (χ3v) is 11.4. The van der Waals surface area contributed by atoms with Crippen LogP contribution in [0.25, 0.3) is 11.1 Å². The van der Waals surface area contributed by atoms with Crippen LogP contribution >= 0.6 is 0 Å². The van der Waals surface area contributed by atoms with E-state index in [1.54, 1.807) is 26.1 Å². The van der Waals surface area contributed by atoms with Gasteiger partial charge in [0, 0.05) is 68.9 Å². The molecule has 0 unspecified atom stereocenters. The van der Waals surface area contributed by atoms with Crippen LogP contribution in [0.5, 0.6) is 5.75 Å². The lowest BCUT2D eigenvalue weighted by Gasteiger charge is -2.50. The maximum atomic E-state index is 14.4. The first-order valence-corrected chi connectivity index (χ1v) is 17.4. The number of anilines is 1. The highest BCUT2D eigenvalue weighted by atomic mass is 16.7. The zero-order chi connectivity index (χ0) is 36.4. The molecule has 49 heavy (non-hydrogen) atoms. The zero-order valence-electron chi connectivity index (χ0n) is 31.1. The van der Waals surface area contributed by atoms with Gasteiger partial charge >= 0.3 is 0 Å². The summed E-state index contributed by atoms with van der Waals surface area (Å²) in [5, 5.41) is 21.6. The number of amides is 3. The summed E-state index contributed by atoms with van der Waals surface area (Å²) < 4.78 is 6.02. The number of carbonyl (C=O) groups is 3. The highest BCUT2D eigenvalue weighted by Crippen LogP contribution is 2.47. The fraction of sp³-hybridized carbons (Fsp3) is 0.605. The van der Waals surface area contributed by atoms with Gasteiger partial charge in [-0.1, -0.05) is 52.8 Å². The topological polar surface area (TPSA) is 132 Å². The van der Waals surface area contributed by atoms with E-state index in [1.165, 1.54) is 6.92 Å². The van der Waals surface area contributed by atoms with Crippen molar-refractivity contribution in [1.82, 2.24) is 21.0 Å². The van der Waals surface area contributed by atoms with Crippen molar-refractivity contribution in [2.45, 2.75) is 85.7 Å². The SMILES string of the molecule is CNC(=O)c1cc(-c2cccc(CN3O[C@@H](CNC(C)=O)[C@@H]([C@H](C)O)[C@H]3C(=O)N[C@H]3C[C@@H](C)C(C)(C)[C@@H](C)[C@@H]3C)c2OC)cc(N(C)C)c1. The van der Waals surface area contributed by atoms with E-state index in [0.717, 1.165) is 28.8 Å².